The number of hydrogen-bond donors (Lipinski definition) is 0. The van der Waals surface area contributed by atoms with Crippen molar-refractivity contribution in [2.75, 3.05) is 33.3 Å². The second kappa shape index (κ2) is 10.4. The lowest BCUT2D eigenvalue weighted by Crippen LogP contribution is -2.50. The first-order chi connectivity index (χ1) is 14.9. The van der Waals surface area contributed by atoms with E-state index >= 15 is 0 Å². The van der Waals surface area contributed by atoms with Gasteiger partial charge in [-0.15, -0.1) is 0 Å². The Hall–Kier alpha value is -2.99. The number of hydrogen-bond acceptors (Lipinski definition) is 4. The molecule has 0 aliphatic carbocycles. The molecule has 0 bridgehead atoms. The van der Waals surface area contributed by atoms with Crippen LogP contribution in [0.3, 0.4) is 0 Å². The number of benzene rings is 2. The summed E-state index contributed by atoms with van der Waals surface area (Å²) < 4.78 is 11.1. The number of carbonyl (C=O) groups excluding carboxylic acids is 2. The van der Waals surface area contributed by atoms with E-state index in [1.807, 2.05) is 32.0 Å². The molecule has 0 N–H and O–H groups in total. The first kappa shape index (κ1) is 22.7. The van der Waals surface area contributed by atoms with E-state index in [1.165, 1.54) is 6.08 Å². The standard InChI is InChI=1S/C24H27ClN2O4/c1-17(2)31-23-20(25)15-18(16-21(23)30-3)9-10-22(28)26-11-13-27(14-12-26)24(29)19-7-5-4-6-8-19/h4-10,15-17H,11-14H2,1-3H3/b10-9+. The average Bonchev–Trinajstić information content (AvgIpc) is 2.78. The van der Waals surface area contributed by atoms with E-state index in [-0.39, 0.29) is 17.9 Å². The highest BCUT2D eigenvalue weighted by Gasteiger charge is 2.23. The number of methoxy groups -OCH3 is 1. The Labute approximate surface area is 188 Å². The third-order valence-corrected chi connectivity index (χ3v) is 5.20. The number of carbonyl (C=O) groups is 2. The summed E-state index contributed by atoms with van der Waals surface area (Å²) in [6.45, 7) is 5.83. The Morgan fingerprint density at radius 2 is 1.68 bits per heavy atom. The molecule has 0 radical (unpaired) electrons. The molecule has 31 heavy (non-hydrogen) atoms. The topological polar surface area (TPSA) is 59.1 Å². The van der Waals surface area contributed by atoms with Crippen LogP contribution in [0.5, 0.6) is 11.5 Å². The molecule has 0 atom stereocenters. The fraction of sp³-hybridized carbons (Fsp3) is 0.333. The van der Waals surface area contributed by atoms with Gasteiger partial charge in [-0.3, -0.25) is 9.59 Å². The largest absolute Gasteiger partial charge is 0.493 e. The minimum atomic E-state index is -0.107. The molecule has 3 rings (SSSR count). The summed E-state index contributed by atoms with van der Waals surface area (Å²) in [4.78, 5) is 28.7. The van der Waals surface area contributed by atoms with Crippen LogP contribution < -0.4 is 9.47 Å². The number of nitrogens with zero attached hydrogens (tertiary/aromatic N) is 2. The molecule has 1 saturated heterocycles. The fourth-order valence-corrected chi connectivity index (χ4v) is 3.62. The van der Waals surface area contributed by atoms with Crippen molar-refractivity contribution < 1.29 is 19.1 Å². The van der Waals surface area contributed by atoms with E-state index in [9.17, 15) is 9.59 Å². The van der Waals surface area contributed by atoms with E-state index in [4.69, 9.17) is 21.1 Å². The zero-order chi connectivity index (χ0) is 22.4. The summed E-state index contributed by atoms with van der Waals surface area (Å²) >= 11 is 6.35. The lowest BCUT2D eigenvalue weighted by molar-refractivity contribution is -0.127. The predicted molar refractivity (Wildman–Crippen MR) is 122 cm³/mol. The molecular formula is C24H27ClN2O4. The molecule has 1 fully saturated rings. The minimum absolute atomic E-state index is 0.00585. The van der Waals surface area contributed by atoms with Gasteiger partial charge in [-0.1, -0.05) is 29.8 Å². The zero-order valence-electron chi connectivity index (χ0n) is 18.0. The number of piperazine rings is 1. The van der Waals surface area contributed by atoms with Crippen LogP contribution in [0.15, 0.2) is 48.5 Å². The maximum absolute atomic E-state index is 12.6. The van der Waals surface area contributed by atoms with Crippen LogP contribution in [0.25, 0.3) is 6.08 Å². The van der Waals surface area contributed by atoms with E-state index in [0.717, 1.165) is 5.56 Å². The van der Waals surface area contributed by atoms with Crippen LogP contribution >= 0.6 is 11.6 Å². The van der Waals surface area contributed by atoms with Gasteiger partial charge in [-0.25, -0.2) is 0 Å². The zero-order valence-corrected chi connectivity index (χ0v) is 18.8. The van der Waals surface area contributed by atoms with Gasteiger partial charge in [-0.2, -0.15) is 0 Å². The number of ether oxygens (including phenoxy) is 2. The Balaban J connectivity index is 1.61. The van der Waals surface area contributed by atoms with Gasteiger partial charge < -0.3 is 19.3 Å². The number of rotatable bonds is 6. The van der Waals surface area contributed by atoms with Crippen LogP contribution in [0.4, 0.5) is 0 Å². The molecule has 1 aliphatic rings. The summed E-state index contributed by atoms with van der Waals surface area (Å²) in [5, 5.41) is 0.424. The van der Waals surface area contributed by atoms with Crippen LogP contribution in [0.1, 0.15) is 29.8 Å². The van der Waals surface area contributed by atoms with Crippen LogP contribution in [-0.4, -0.2) is 61.0 Å². The van der Waals surface area contributed by atoms with Crippen molar-refractivity contribution in [2.24, 2.45) is 0 Å². The predicted octanol–water partition coefficient (Wildman–Crippen LogP) is 4.13. The summed E-state index contributed by atoms with van der Waals surface area (Å²) in [7, 11) is 1.55. The molecule has 0 aromatic heterocycles. The number of halogens is 1. The molecule has 0 saturated carbocycles. The molecule has 0 spiro atoms. The molecule has 164 valence electrons. The summed E-state index contributed by atoms with van der Waals surface area (Å²) in [6, 6.07) is 12.7. The monoisotopic (exact) mass is 442 g/mol. The molecule has 7 heteroatoms. The Kier molecular flexibility index (Phi) is 7.58. The second-order valence-corrected chi connectivity index (χ2v) is 7.92. The summed E-state index contributed by atoms with van der Waals surface area (Å²) in [6.07, 6.45) is 3.18. The Morgan fingerprint density at radius 3 is 2.29 bits per heavy atom. The van der Waals surface area contributed by atoms with Gasteiger partial charge in [0.05, 0.1) is 18.2 Å². The molecule has 0 unspecified atom stereocenters. The number of amides is 2. The highest BCUT2D eigenvalue weighted by molar-refractivity contribution is 6.32. The normalized spacial score (nSPS) is 14.2. The lowest BCUT2D eigenvalue weighted by atomic mass is 10.1. The van der Waals surface area contributed by atoms with Crippen LogP contribution in [0, 0.1) is 0 Å². The first-order valence-electron chi connectivity index (χ1n) is 10.2. The molecule has 2 amide bonds. The van der Waals surface area contributed by atoms with Crippen molar-refractivity contribution in [1.82, 2.24) is 9.80 Å². The van der Waals surface area contributed by atoms with Crippen LogP contribution in [-0.2, 0) is 4.79 Å². The molecule has 1 aliphatic heterocycles. The molecule has 6 nitrogen and oxygen atoms in total. The first-order valence-corrected chi connectivity index (χ1v) is 10.6. The molecule has 1 heterocycles. The SMILES string of the molecule is COc1cc(/C=C/C(=O)N2CCN(C(=O)c3ccccc3)CC2)cc(Cl)c1OC(C)C. The highest BCUT2D eigenvalue weighted by atomic mass is 35.5. The highest BCUT2D eigenvalue weighted by Crippen LogP contribution is 2.37. The van der Waals surface area contributed by atoms with Gasteiger partial charge in [-0.05, 0) is 49.8 Å². The lowest BCUT2D eigenvalue weighted by Gasteiger charge is -2.34. The maximum Gasteiger partial charge on any atom is 0.253 e. The van der Waals surface area contributed by atoms with Gasteiger partial charge in [0.2, 0.25) is 5.91 Å². The van der Waals surface area contributed by atoms with Gasteiger partial charge in [0.1, 0.15) is 0 Å². The second-order valence-electron chi connectivity index (χ2n) is 7.52. The van der Waals surface area contributed by atoms with Crippen molar-refractivity contribution in [3.63, 3.8) is 0 Å². The van der Waals surface area contributed by atoms with E-state index in [0.29, 0.717) is 48.3 Å². The van der Waals surface area contributed by atoms with Crippen molar-refractivity contribution in [1.29, 1.82) is 0 Å². The smallest absolute Gasteiger partial charge is 0.253 e. The van der Waals surface area contributed by atoms with Crippen molar-refractivity contribution in [2.45, 2.75) is 20.0 Å². The Bertz CT molecular complexity index is 952. The molecule has 2 aromatic carbocycles. The van der Waals surface area contributed by atoms with Gasteiger partial charge in [0.15, 0.2) is 11.5 Å². The van der Waals surface area contributed by atoms with Crippen molar-refractivity contribution in [3.8, 4) is 11.5 Å². The molecule has 2 aromatic rings. The third kappa shape index (κ3) is 5.79. The van der Waals surface area contributed by atoms with Crippen molar-refractivity contribution >= 4 is 29.5 Å². The molecular weight excluding hydrogens is 416 g/mol. The van der Waals surface area contributed by atoms with Gasteiger partial charge in [0.25, 0.3) is 5.91 Å². The third-order valence-electron chi connectivity index (χ3n) is 4.92. The Morgan fingerprint density at radius 1 is 1.03 bits per heavy atom. The van der Waals surface area contributed by atoms with Crippen molar-refractivity contribution in [3.05, 3.63) is 64.7 Å². The summed E-state index contributed by atoms with van der Waals surface area (Å²) in [5.41, 5.74) is 1.40. The average molecular weight is 443 g/mol. The maximum atomic E-state index is 12.6. The van der Waals surface area contributed by atoms with Crippen LogP contribution in [0.2, 0.25) is 5.02 Å². The fourth-order valence-electron chi connectivity index (χ4n) is 3.35. The quantitative estimate of drug-likeness (QED) is 0.631. The van der Waals surface area contributed by atoms with E-state index < -0.39 is 0 Å². The summed E-state index contributed by atoms with van der Waals surface area (Å²) in [5.74, 6) is 0.890. The van der Waals surface area contributed by atoms with Gasteiger partial charge >= 0.3 is 0 Å². The minimum Gasteiger partial charge on any atom is -0.493 e. The van der Waals surface area contributed by atoms with Gasteiger partial charge in [0, 0.05) is 37.8 Å². The van der Waals surface area contributed by atoms with E-state index in [2.05, 4.69) is 0 Å². The van der Waals surface area contributed by atoms with E-state index in [1.54, 1.807) is 47.3 Å².